The summed E-state index contributed by atoms with van der Waals surface area (Å²) in [7, 11) is 2.03. The highest BCUT2D eigenvalue weighted by Crippen LogP contribution is 2.19. The van der Waals surface area contributed by atoms with Crippen molar-refractivity contribution in [2.75, 3.05) is 7.05 Å². The summed E-state index contributed by atoms with van der Waals surface area (Å²) in [6, 6.07) is 10.2. The van der Waals surface area contributed by atoms with E-state index in [4.69, 9.17) is 5.84 Å². The Morgan fingerprint density at radius 3 is 2.65 bits per heavy atom. The van der Waals surface area contributed by atoms with Gasteiger partial charge in [-0.1, -0.05) is 28.1 Å². The van der Waals surface area contributed by atoms with Crippen LogP contribution in [0.5, 0.6) is 0 Å². The highest BCUT2D eigenvalue weighted by Gasteiger charge is 2.13. The predicted molar refractivity (Wildman–Crippen MR) is 85.3 cm³/mol. The number of carbonyl (C=O) groups is 1. The zero-order valence-corrected chi connectivity index (χ0v) is 13.5. The number of nitrogens with one attached hydrogen (secondary N) is 1. The Morgan fingerprint density at radius 2 is 2.00 bits per heavy atom. The summed E-state index contributed by atoms with van der Waals surface area (Å²) in [5.74, 6) is 4.96. The SMILES string of the molecule is CN(Cc1ccc(Br)cc1)Cc1ccsc1C(=O)NN. The van der Waals surface area contributed by atoms with Gasteiger partial charge in [0.15, 0.2) is 0 Å². The fourth-order valence-corrected chi connectivity index (χ4v) is 3.06. The number of halogens is 1. The summed E-state index contributed by atoms with van der Waals surface area (Å²) in [4.78, 5) is 14.5. The van der Waals surface area contributed by atoms with Crippen molar-refractivity contribution in [1.29, 1.82) is 0 Å². The number of rotatable bonds is 5. The number of thiophene rings is 1. The molecular formula is C14H16BrN3OS. The van der Waals surface area contributed by atoms with Gasteiger partial charge in [-0.15, -0.1) is 11.3 Å². The van der Waals surface area contributed by atoms with Gasteiger partial charge in [-0.05, 0) is 41.8 Å². The van der Waals surface area contributed by atoms with Gasteiger partial charge in [-0.3, -0.25) is 15.1 Å². The molecule has 1 aromatic heterocycles. The molecule has 3 N–H and O–H groups in total. The van der Waals surface area contributed by atoms with Crippen LogP contribution in [0.3, 0.4) is 0 Å². The Morgan fingerprint density at radius 1 is 1.30 bits per heavy atom. The molecule has 1 aromatic carbocycles. The highest BCUT2D eigenvalue weighted by atomic mass is 79.9. The van der Waals surface area contributed by atoms with Crippen molar-refractivity contribution in [3.63, 3.8) is 0 Å². The Bertz CT molecular complexity index is 582. The number of nitrogens with zero attached hydrogens (tertiary/aromatic N) is 1. The zero-order valence-electron chi connectivity index (χ0n) is 11.1. The van der Waals surface area contributed by atoms with Gasteiger partial charge in [-0.2, -0.15) is 0 Å². The fraction of sp³-hybridized carbons (Fsp3) is 0.214. The number of hydrogen-bond acceptors (Lipinski definition) is 4. The van der Waals surface area contributed by atoms with E-state index in [-0.39, 0.29) is 5.91 Å². The normalized spacial score (nSPS) is 10.8. The van der Waals surface area contributed by atoms with Crippen molar-refractivity contribution >= 4 is 33.2 Å². The van der Waals surface area contributed by atoms with E-state index in [0.29, 0.717) is 11.4 Å². The first-order valence-corrected chi connectivity index (χ1v) is 7.77. The van der Waals surface area contributed by atoms with E-state index in [0.717, 1.165) is 16.6 Å². The fourth-order valence-electron chi connectivity index (χ4n) is 1.97. The number of nitrogens with two attached hydrogens (primary N) is 1. The number of hydrogen-bond donors (Lipinski definition) is 2. The van der Waals surface area contributed by atoms with Gasteiger partial charge in [0.1, 0.15) is 0 Å². The van der Waals surface area contributed by atoms with Crippen LogP contribution < -0.4 is 11.3 Å². The van der Waals surface area contributed by atoms with Crippen LogP contribution in [-0.2, 0) is 13.1 Å². The second-order valence-corrected chi connectivity index (χ2v) is 6.38. The van der Waals surface area contributed by atoms with Crippen LogP contribution in [0.25, 0.3) is 0 Å². The molecule has 0 aliphatic heterocycles. The Hall–Kier alpha value is -1.21. The number of carbonyl (C=O) groups excluding carboxylic acids is 1. The topological polar surface area (TPSA) is 58.4 Å². The van der Waals surface area contributed by atoms with E-state index in [1.165, 1.54) is 16.9 Å². The lowest BCUT2D eigenvalue weighted by Crippen LogP contribution is -2.30. The Labute approximate surface area is 130 Å². The highest BCUT2D eigenvalue weighted by molar-refractivity contribution is 9.10. The Balaban J connectivity index is 2.01. The molecule has 2 rings (SSSR count). The minimum atomic E-state index is -0.230. The van der Waals surface area contributed by atoms with E-state index in [9.17, 15) is 4.79 Å². The van der Waals surface area contributed by atoms with Crippen molar-refractivity contribution in [2.24, 2.45) is 5.84 Å². The van der Waals surface area contributed by atoms with Crippen molar-refractivity contribution in [2.45, 2.75) is 13.1 Å². The third kappa shape index (κ3) is 3.89. The maximum Gasteiger partial charge on any atom is 0.275 e. The molecule has 0 spiro atoms. The molecule has 6 heteroatoms. The average molecular weight is 354 g/mol. The van der Waals surface area contributed by atoms with Crippen LogP contribution in [0.1, 0.15) is 20.8 Å². The standard InChI is InChI=1S/C14H16BrN3OS/c1-18(8-10-2-4-12(15)5-3-10)9-11-6-7-20-13(11)14(19)17-16/h2-7H,8-9,16H2,1H3,(H,17,19). The second-order valence-electron chi connectivity index (χ2n) is 4.55. The van der Waals surface area contributed by atoms with Crippen molar-refractivity contribution in [3.8, 4) is 0 Å². The first-order valence-electron chi connectivity index (χ1n) is 6.10. The zero-order chi connectivity index (χ0) is 14.5. The van der Waals surface area contributed by atoms with E-state index >= 15 is 0 Å². The van der Waals surface area contributed by atoms with Crippen LogP contribution in [0.15, 0.2) is 40.2 Å². The molecule has 1 amide bonds. The lowest BCUT2D eigenvalue weighted by Gasteiger charge is -2.17. The van der Waals surface area contributed by atoms with E-state index in [1.807, 2.05) is 30.6 Å². The van der Waals surface area contributed by atoms with E-state index < -0.39 is 0 Å². The van der Waals surface area contributed by atoms with Gasteiger partial charge in [0.25, 0.3) is 5.91 Å². The number of hydrazine groups is 1. The third-order valence-corrected chi connectivity index (χ3v) is 4.37. The Kier molecular flexibility index (Phi) is 5.31. The van der Waals surface area contributed by atoms with Crippen molar-refractivity contribution < 1.29 is 4.79 Å². The van der Waals surface area contributed by atoms with Gasteiger partial charge < -0.3 is 0 Å². The van der Waals surface area contributed by atoms with Crippen LogP contribution in [0, 0.1) is 0 Å². The monoisotopic (exact) mass is 353 g/mol. The lowest BCUT2D eigenvalue weighted by atomic mass is 10.2. The molecule has 0 atom stereocenters. The molecule has 0 unspecified atom stereocenters. The molecule has 0 radical (unpaired) electrons. The molecule has 20 heavy (non-hydrogen) atoms. The minimum Gasteiger partial charge on any atom is -0.298 e. The molecule has 0 saturated heterocycles. The second kappa shape index (κ2) is 6.99. The van der Waals surface area contributed by atoms with E-state index in [1.54, 1.807) is 0 Å². The molecule has 4 nitrogen and oxygen atoms in total. The quantitative estimate of drug-likeness (QED) is 0.493. The van der Waals surface area contributed by atoms with Crippen LogP contribution in [0.2, 0.25) is 0 Å². The predicted octanol–water partition coefficient (Wildman–Crippen LogP) is 2.75. The molecule has 0 aliphatic rings. The summed E-state index contributed by atoms with van der Waals surface area (Å²) in [5, 5.41) is 1.91. The summed E-state index contributed by atoms with van der Waals surface area (Å²) >= 11 is 4.83. The van der Waals surface area contributed by atoms with Crippen LogP contribution >= 0.6 is 27.3 Å². The lowest BCUT2D eigenvalue weighted by molar-refractivity contribution is 0.0956. The maximum absolute atomic E-state index is 11.6. The number of nitrogen functional groups attached to an aromatic ring is 1. The number of benzene rings is 1. The van der Waals surface area contributed by atoms with Gasteiger partial charge in [-0.25, -0.2) is 5.84 Å². The van der Waals surface area contributed by atoms with E-state index in [2.05, 4.69) is 38.4 Å². The van der Waals surface area contributed by atoms with Crippen molar-refractivity contribution in [1.82, 2.24) is 10.3 Å². The van der Waals surface area contributed by atoms with Crippen LogP contribution in [0.4, 0.5) is 0 Å². The smallest absolute Gasteiger partial charge is 0.275 e. The molecule has 0 fully saturated rings. The molecular weight excluding hydrogens is 338 g/mol. The van der Waals surface area contributed by atoms with Crippen molar-refractivity contribution in [3.05, 3.63) is 56.2 Å². The molecule has 0 saturated carbocycles. The molecule has 1 heterocycles. The summed E-state index contributed by atoms with van der Waals surface area (Å²) in [5.41, 5.74) is 4.41. The summed E-state index contributed by atoms with van der Waals surface area (Å²) in [6.07, 6.45) is 0. The first kappa shape index (κ1) is 15.2. The molecule has 106 valence electrons. The average Bonchev–Trinajstić information content (AvgIpc) is 2.88. The summed E-state index contributed by atoms with van der Waals surface area (Å²) in [6.45, 7) is 1.54. The largest absolute Gasteiger partial charge is 0.298 e. The van der Waals surface area contributed by atoms with Gasteiger partial charge in [0.05, 0.1) is 4.88 Å². The van der Waals surface area contributed by atoms with Crippen LogP contribution in [-0.4, -0.2) is 17.9 Å². The number of amides is 1. The maximum atomic E-state index is 11.6. The molecule has 0 aliphatic carbocycles. The molecule has 2 aromatic rings. The van der Waals surface area contributed by atoms with Gasteiger partial charge in [0, 0.05) is 17.6 Å². The third-order valence-electron chi connectivity index (χ3n) is 2.89. The summed E-state index contributed by atoms with van der Waals surface area (Å²) < 4.78 is 1.07. The van der Waals surface area contributed by atoms with Gasteiger partial charge in [0.2, 0.25) is 0 Å². The first-order chi connectivity index (χ1) is 9.60. The van der Waals surface area contributed by atoms with Gasteiger partial charge >= 0.3 is 0 Å². The molecule has 0 bridgehead atoms. The minimum absolute atomic E-state index is 0.230.